The van der Waals surface area contributed by atoms with E-state index in [1.165, 1.54) is 19.1 Å². The summed E-state index contributed by atoms with van der Waals surface area (Å²) in [6, 6.07) is 7.06. The minimum absolute atomic E-state index is 0.280. The fourth-order valence-electron chi connectivity index (χ4n) is 0.917. The molecule has 0 radical (unpaired) electrons. The summed E-state index contributed by atoms with van der Waals surface area (Å²) in [5, 5.41) is 0. The summed E-state index contributed by atoms with van der Waals surface area (Å²) >= 11 is 1.37. The minimum Gasteiger partial charge on any atom is -0.468 e. The van der Waals surface area contributed by atoms with Crippen LogP contribution >= 0.6 is 11.9 Å². The summed E-state index contributed by atoms with van der Waals surface area (Å²) in [7, 11) is 1.37. The Bertz CT molecular complexity index is 327. The van der Waals surface area contributed by atoms with E-state index in [0.717, 1.165) is 10.6 Å². The Kier molecular flexibility index (Phi) is 4.45. The van der Waals surface area contributed by atoms with Gasteiger partial charge in [-0.05, 0) is 43.1 Å². The lowest BCUT2D eigenvalue weighted by atomic mass is 10.3. The molecule has 82 valence electrons. The zero-order chi connectivity index (χ0) is 11.3. The number of hydrogen-bond donors (Lipinski definition) is 2. The number of nitrogen functional groups attached to an aromatic ring is 1. The van der Waals surface area contributed by atoms with Crippen molar-refractivity contribution in [3.63, 3.8) is 0 Å². The summed E-state index contributed by atoms with van der Waals surface area (Å²) in [5.41, 5.74) is 6.27. The van der Waals surface area contributed by atoms with E-state index in [9.17, 15) is 4.79 Å². The predicted molar refractivity (Wildman–Crippen MR) is 61.3 cm³/mol. The largest absolute Gasteiger partial charge is 0.468 e. The van der Waals surface area contributed by atoms with Crippen molar-refractivity contribution in [2.45, 2.75) is 17.9 Å². The van der Waals surface area contributed by atoms with Gasteiger partial charge in [0.05, 0.1) is 7.11 Å². The molecule has 1 atom stereocenters. The van der Waals surface area contributed by atoms with E-state index in [1.807, 2.05) is 24.3 Å². The van der Waals surface area contributed by atoms with Gasteiger partial charge in [0, 0.05) is 10.6 Å². The van der Waals surface area contributed by atoms with Gasteiger partial charge in [0.25, 0.3) is 0 Å². The second-order valence-electron chi connectivity index (χ2n) is 3.03. The Labute approximate surface area is 93.3 Å². The van der Waals surface area contributed by atoms with Gasteiger partial charge in [0.2, 0.25) is 0 Å². The number of hydrogen-bond acceptors (Lipinski definition) is 5. The highest BCUT2D eigenvalue weighted by atomic mass is 32.2. The third-order valence-corrected chi connectivity index (χ3v) is 2.77. The second kappa shape index (κ2) is 5.63. The third kappa shape index (κ3) is 3.81. The van der Waals surface area contributed by atoms with Crippen LogP contribution in [0.25, 0.3) is 0 Å². The summed E-state index contributed by atoms with van der Waals surface area (Å²) < 4.78 is 7.56. The van der Waals surface area contributed by atoms with Gasteiger partial charge in [-0.25, -0.2) is 4.72 Å². The maximum atomic E-state index is 11.1. The molecule has 0 saturated carbocycles. The highest BCUT2D eigenvalue weighted by Crippen LogP contribution is 2.16. The number of nitrogens with two attached hydrogens (primary N) is 1. The van der Waals surface area contributed by atoms with Gasteiger partial charge >= 0.3 is 5.97 Å². The Morgan fingerprint density at radius 1 is 1.47 bits per heavy atom. The van der Waals surface area contributed by atoms with Gasteiger partial charge in [0.1, 0.15) is 6.04 Å². The molecule has 15 heavy (non-hydrogen) atoms. The van der Waals surface area contributed by atoms with Crippen LogP contribution < -0.4 is 10.5 Å². The van der Waals surface area contributed by atoms with E-state index < -0.39 is 0 Å². The fraction of sp³-hybridized carbons (Fsp3) is 0.300. The van der Waals surface area contributed by atoms with Crippen molar-refractivity contribution in [3.8, 4) is 0 Å². The summed E-state index contributed by atoms with van der Waals surface area (Å²) in [6.07, 6.45) is 0. The number of carbonyl (C=O) groups is 1. The lowest BCUT2D eigenvalue weighted by molar-refractivity contribution is -0.142. The van der Waals surface area contributed by atoms with E-state index in [1.54, 1.807) is 6.92 Å². The molecule has 0 saturated heterocycles. The van der Waals surface area contributed by atoms with E-state index in [2.05, 4.69) is 9.46 Å². The van der Waals surface area contributed by atoms with Crippen LogP contribution in [-0.4, -0.2) is 19.1 Å². The standard InChI is InChI=1S/C10H14N2O2S/c1-7(10(13)14-2)12-15-9-5-3-8(11)4-6-9/h3-7,12H,11H2,1-2H3. The molecule has 1 rings (SSSR count). The van der Waals surface area contributed by atoms with Gasteiger partial charge in [-0.3, -0.25) is 4.79 Å². The van der Waals surface area contributed by atoms with Crippen molar-refractivity contribution >= 4 is 23.6 Å². The van der Waals surface area contributed by atoms with Crippen LogP contribution in [0.1, 0.15) is 6.92 Å². The highest BCUT2D eigenvalue weighted by Gasteiger charge is 2.11. The topological polar surface area (TPSA) is 64.3 Å². The number of rotatable bonds is 4. The quantitative estimate of drug-likeness (QED) is 0.462. The van der Waals surface area contributed by atoms with Crippen LogP contribution in [0.4, 0.5) is 5.69 Å². The van der Waals surface area contributed by atoms with Gasteiger partial charge in [0.15, 0.2) is 0 Å². The Morgan fingerprint density at radius 2 is 2.07 bits per heavy atom. The summed E-state index contributed by atoms with van der Waals surface area (Å²) in [4.78, 5) is 12.1. The van der Waals surface area contributed by atoms with Crippen molar-refractivity contribution in [2.75, 3.05) is 12.8 Å². The van der Waals surface area contributed by atoms with Crippen molar-refractivity contribution in [1.29, 1.82) is 0 Å². The number of ether oxygens (including phenoxy) is 1. The van der Waals surface area contributed by atoms with Crippen LogP contribution in [0.2, 0.25) is 0 Å². The number of methoxy groups -OCH3 is 1. The molecule has 1 aromatic rings. The van der Waals surface area contributed by atoms with Crippen LogP contribution in [0, 0.1) is 0 Å². The number of nitrogens with one attached hydrogen (secondary N) is 1. The van der Waals surface area contributed by atoms with E-state index in [4.69, 9.17) is 5.73 Å². The zero-order valence-electron chi connectivity index (χ0n) is 8.69. The van der Waals surface area contributed by atoms with Crippen molar-refractivity contribution < 1.29 is 9.53 Å². The predicted octanol–water partition coefficient (Wildman–Crippen LogP) is 1.43. The second-order valence-corrected chi connectivity index (χ2v) is 3.95. The van der Waals surface area contributed by atoms with Gasteiger partial charge in [-0.15, -0.1) is 0 Å². The first-order valence-corrected chi connectivity index (χ1v) is 5.31. The maximum absolute atomic E-state index is 11.1. The van der Waals surface area contributed by atoms with E-state index >= 15 is 0 Å². The lowest BCUT2D eigenvalue weighted by Gasteiger charge is -2.10. The molecular weight excluding hydrogens is 212 g/mol. The van der Waals surface area contributed by atoms with Gasteiger partial charge < -0.3 is 10.5 Å². The minimum atomic E-state index is -0.336. The Hall–Kier alpha value is -1.20. The third-order valence-electron chi connectivity index (χ3n) is 1.79. The van der Waals surface area contributed by atoms with Crippen molar-refractivity contribution in [1.82, 2.24) is 4.72 Å². The zero-order valence-corrected chi connectivity index (χ0v) is 9.51. The number of carbonyl (C=O) groups excluding carboxylic acids is 1. The number of esters is 1. The molecule has 0 aromatic heterocycles. The van der Waals surface area contributed by atoms with Crippen LogP contribution in [0.3, 0.4) is 0 Å². The molecule has 0 aliphatic heterocycles. The first kappa shape index (κ1) is 11.9. The first-order chi connectivity index (χ1) is 7.13. The highest BCUT2D eigenvalue weighted by molar-refractivity contribution is 7.97. The summed E-state index contributed by atoms with van der Waals surface area (Å²) in [5.74, 6) is -0.280. The van der Waals surface area contributed by atoms with Crippen LogP contribution in [0.15, 0.2) is 29.2 Å². The molecule has 0 bridgehead atoms. The molecule has 1 unspecified atom stereocenters. The first-order valence-electron chi connectivity index (χ1n) is 4.49. The molecular formula is C10H14N2O2S. The molecule has 1 aromatic carbocycles. The SMILES string of the molecule is COC(=O)C(C)NSc1ccc(N)cc1. The smallest absolute Gasteiger partial charge is 0.323 e. The Balaban J connectivity index is 2.43. The number of benzene rings is 1. The molecule has 4 nitrogen and oxygen atoms in total. The fourth-order valence-corrected chi connectivity index (χ4v) is 1.60. The maximum Gasteiger partial charge on any atom is 0.323 e. The number of anilines is 1. The molecule has 5 heteroatoms. The van der Waals surface area contributed by atoms with E-state index in [-0.39, 0.29) is 12.0 Å². The Morgan fingerprint density at radius 3 is 2.60 bits per heavy atom. The monoisotopic (exact) mass is 226 g/mol. The normalized spacial score (nSPS) is 12.1. The van der Waals surface area contributed by atoms with Crippen molar-refractivity contribution in [2.24, 2.45) is 0 Å². The average molecular weight is 226 g/mol. The molecule has 0 aliphatic carbocycles. The summed E-state index contributed by atoms with van der Waals surface area (Å²) in [6.45, 7) is 1.75. The van der Waals surface area contributed by atoms with E-state index in [0.29, 0.717) is 0 Å². The molecule has 0 amide bonds. The molecule has 0 aliphatic rings. The van der Waals surface area contributed by atoms with Gasteiger partial charge in [-0.2, -0.15) is 0 Å². The van der Waals surface area contributed by atoms with Gasteiger partial charge in [-0.1, -0.05) is 0 Å². The molecule has 0 heterocycles. The van der Waals surface area contributed by atoms with Crippen LogP contribution in [-0.2, 0) is 9.53 Å². The van der Waals surface area contributed by atoms with Crippen LogP contribution in [0.5, 0.6) is 0 Å². The average Bonchev–Trinajstić information content (AvgIpc) is 2.26. The molecule has 0 fully saturated rings. The molecule has 3 N–H and O–H groups in total. The lowest BCUT2D eigenvalue weighted by Crippen LogP contribution is -2.29. The molecule has 0 spiro atoms. The van der Waals surface area contributed by atoms with Crippen molar-refractivity contribution in [3.05, 3.63) is 24.3 Å².